The quantitative estimate of drug-likeness (QED) is 0.344. The number of aryl methyl sites for hydroxylation is 1. The molecule has 3 aromatic carbocycles. The molecule has 0 saturated heterocycles. The number of anilines is 1. The molecule has 9 heteroatoms. The van der Waals surface area contributed by atoms with Crippen molar-refractivity contribution in [1.29, 1.82) is 0 Å². The number of sulfonamides is 1. The molecule has 164 valence electrons. The van der Waals surface area contributed by atoms with Crippen molar-refractivity contribution < 1.29 is 18.0 Å². The highest BCUT2D eigenvalue weighted by Crippen LogP contribution is 2.17. The summed E-state index contributed by atoms with van der Waals surface area (Å²) in [7, 11) is -3.74. The first-order chi connectivity index (χ1) is 15.8. The number of nitrogens with zero attached hydrogens (tertiary/aromatic N) is 2. The molecular formula is C24H18N4O4S. The zero-order valence-corrected chi connectivity index (χ0v) is 18.3. The van der Waals surface area contributed by atoms with Gasteiger partial charge in [-0.15, -0.1) is 5.10 Å². The molecule has 1 heterocycles. The molecule has 0 atom stereocenters. The molecule has 0 aromatic heterocycles. The normalized spacial score (nSPS) is 12.5. The van der Waals surface area contributed by atoms with Crippen LogP contribution in [0.5, 0.6) is 0 Å². The average Bonchev–Trinajstić information content (AvgIpc) is 2.80. The third kappa shape index (κ3) is 5.12. The Labute approximate surface area is 189 Å². The number of hydrazone groups is 1. The maximum atomic E-state index is 12.5. The van der Waals surface area contributed by atoms with Gasteiger partial charge in [0.05, 0.1) is 10.3 Å². The van der Waals surface area contributed by atoms with Gasteiger partial charge >= 0.3 is 0 Å². The molecule has 2 amide bonds. The molecule has 3 aromatic rings. The molecule has 1 aliphatic heterocycles. The lowest BCUT2D eigenvalue weighted by atomic mass is 10.1. The van der Waals surface area contributed by atoms with E-state index in [1.807, 2.05) is 13.0 Å². The summed E-state index contributed by atoms with van der Waals surface area (Å²) in [5.74, 6) is 1.45. The van der Waals surface area contributed by atoms with Crippen LogP contribution in [0.4, 0.5) is 5.69 Å². The Balaban J connectivity index is 1.45. The number of benzene rings is 3. The summed E-state index contributed by atoms with van der Waals surface area (Å²) in [5.41, 5.74) is 3.92. The van der Waals surface area contributed by atoms with Crippen LogP contribution in [0.15, 0.2) is 93.4 Å². The van der Waals surface area contributed by atoms with Crippen LogP contribution in [-0.2, 0) is 14.8 Å². The van der Waals surface area contributed by atoms with Gasteiger partial charge in [-0.05, 0) is 55.5 Å². The second-order valence-corrected chi connectivity index (χ2v) is 8.88. The Bertz CT molecular complexity index is 1540. The first-order valence-electron chi connectivity index (χ1n) is 9.84. The van der Waals surface area contributed by atoms with Crippen molar-refractivity contribution in [3.63, 3.8) is 0 Å². The maximum Gasteiger partial charge on any atom is 0.287 e. The van der Waals surface area contributed by atoms with Crippen molar-refractivity contribution in [3.05, 3.63) is 100 Å². The van der Waals surface area contributed by atoms with Crippen LogP contribution < -0.4 is 20.7 Å². The number of hydrogen-bond acceptors (Lipinski definition) is 5. The minimum atomic E-state index is -3.74. The van der Waals surface area contributed by atoms with Crippen LogP contribution in [0.1, 0.15) is 15.9 Å². The summed E-state index contributed by atoms with van der Waals surface area (Å²) in [5, 5.41) is 5.03. The highest BCUT2D eigenvalue weighted by Gasteiger charge is 2.14. The molecule has 0 saturated carbocycles. The van der Waals surface area contributed by atoms with Gasteiger partial charge < -0.3 is 0 Å². The highest BCUT2D eigenvalue weighted by atomic mass is 32.2. The third-order valence-corrected chi connectivity index (χ3v) is 6.15. The molecule has 0 aliphatic carbocycles. The molecule has 2 N–H and O–H groups in total. The van der Waals surface area contributed by atoms with Crippen LogP contribution in [0.25, 0.3) is 6.08 Å². The number of fused-ring (bicyclic) bond motifs is 1. The third-order valence-electron chi connectivity index (χ3n) is 4.75. The van der Waals surface area contributed by atoms with Crippen molar-refractivity contribution in [1.82, 2.24) is 5.43 Å². The van der Waals surface area contributed by atoms with Gasteiger partial charge in [-0.25, -0.2) is 18.8 Å². The summed E-state index contributed by atoms with van der Waals surface area (Å²) in [6.45, 7) is 1.87. The van der Waals surface area contributed by atoms with E-state index in [9.17, 15) is 18.0 Å². The number of rotatable bonds is 5. The Hall–Kier alpha value is -4.33. The largest absolute Gasteiger partial charge is 0.287 e. The van der Waals surface area contributed by atoms with Gasteiger partial charge in [-0.3, -0.25) is 14.3 Å². The first kappa shape index (κ1) is 21.9. The Kier molecular flexibility index (Phi) is 5.99. The zero-order chi connectivity index (χ0) is 23.4. The van der Waals surface area contributed by atoms with Gasteiger partial charge in [0.15, 0.2) is 0 Å². The fraction of sp³-hybridized carbons (Fsp3) is 0.0417. The lowest BCUT2D eigenvalue weighted by Gasteiger charge is -2.09. The molecule has 0 bridgehead atoms. The van der Waals surface area contributed by atoms with E-state index in [2.05, 4.69) is 26.1 Å². The number of nitrogens with one attached hydrogen (secondary N) is 2. The van der Waals surface area contributed by atoms with Crippen LogP contribution in [-0.4, -0.2) is 26.1 Å². The predicted octanol–water partition coefficient (Wildman–Crippen LogP) is 1.68. The van der Waals surface area contributed by atoms with Crippen molar-refractivity contribution in [2.75, 3.05) is 4.72 Å². The number of hydrogen-bond donors (Lipinski definition) is 2. The molecular weight excluding hydrogens is 440 g/mol. The number of para-hydroxylation sites is 1. The van der Waals surface area contributed by atoms with Crippen LogP contribution in [0.3, 0.4) is 0 Å². The van der Waals surface area contributed by atoms with Gasteiger partial charge in [-0.1, -0.05) is 35.9 Å². The Morgan fingerprint density at radius 2 is 1.67 bits per heavy atom. The summed E-state index contributed by atoms with van der Waals surface area (Å²) in [6, 6.07) is 19.4. The van der Waals surface area contributed by atoms with Gasteiger partial charge in [0.2, 0.25) is 0 Å². The van der Waals surface area contributed by atoms with Gasteiger partial charge in [0, 0.05) is 22.3 Å². The molecule has 0 unspecified atom stereocenters. The number of amides is 2. The topological polar surface area (TPSA) is 117 Å². The van der Waals surface area contributed by atoms with E-state index in [0.717, 1.165) is 10.8 Å². The second-order valence-electron chi connectivity index (χ2n) is 7.19. The van der Waals surface area contributed by atoms with Crippen molar-refractivity contribution in [3.8, 4) is 0 Å². The molecule has 8 nitrogen and oxygen atoms in total. The summed E-state index contributed by atoms with van der Waals surface area (Å²) in [6.07, 6.45) is 1.59. The standard InChI is InChI=1S/C24H18N4O4S/c1-16-6-12-21(13-7-16)33(31,32)28-20-10-8-17(9-11-20)24(30)27-25-15-19-14-18-4-2-3-5-22(18)26-23(19)29/h2-14,28H,1H3,(H,27,30). The van der Waals surface area contributed by atoms with E-state index in [4.69, 9.17) is 0 Å². The monoisotopic (exact) mass is 458 g/mol. The molecule has 0 spiro atoms. The summed E-state index contributed by atoms with van der Waals surface area (Å²) >= 11 is 0. The average molecular weight is 458 g/mol. The van der Waals surface area contributed by atoms with Crippen LogP contribution >= 0.6 is 0 Å². The van der Waals surface area contributed by atoms with Gasteiger partial charge in [0.1, 0.15) is 5.57 Å². The summed E-state index contributed by atoms with van der Waals surface area (Å²) < 4.78 is 27.4. The Morgan fingerprint density at radius 3 is 2.39 bits per heavy atom. The molecule has 0 radical (unpaired) electrons. The fourth-order valence-electron chi connectivity index (χ4n) is 3.00. The van der Waals surface area contributed by atoms with Crippen molar-refractivity contribution in [2.45, 2.75) is 11.8 Å². The SMILES string of the molecule is Cc1ccc(S(=O)(=O)Nc2ccc(C(=O)NN=C=C3C=c4ccccc4=NC3=O)cc2)cc1. The van der Waals surface area contributed by atoms with E-state index < -0.39 is 21.8 Å². The number of carbonyl (C=O) groups excluding carboxylic acids is 2. The fourth-order valence-corrected chi connectivity index (χ4v) is 4.06. The van der Waals surface area contributed by atoms with E-state index >= 15 is 0 Å². The molecule has 1 aliphatic rings. The first-order valence-corrected chi connectivity index (χ1v) is 11.3. The minimum absolute atomic E-state index is 0.120. The highest BCUT2D eigenvalue weighted by molar-refractivity contribution is 7.92. The van der Waals surface area contributed by atoms with Crippen molar-refractivity contribution in [2.24, 2.45) is 10.1 Å². The maximum absolute atomic E-state index is 12.5. The summed E-state index contributed by atoms with van der Waals surface area (Å²) in [4.78, 5) is 28.4. The minimum Gasteiger partial charge on any atom is -0.280 e. The van der Waals surface area contributed by atoms with E-state index in [-0.39, 0.29) is 16.0 Å². The van der Waals surface area contributed by atoms with Crippen LogP contribution in [0, 0.1) is 6.92 Å². The van der Waals surface area contributed by atoms with Crippen molar-refractivity contribution >= 4 is 39.5 Å². The predicted molar refractivity (Wildman–Crippen MR) is 124 cm³/mol. The van der Waals surface area contributed by atoms with Gasteiger partial charge in [-0.2, -0.15) is 0 Å². The zero-order valence-electron chi connectivity index (χ0n) is 17.4. The second kappa shape index (κ2) is 9.04. The van der Waals surface area contributed by atoms with E-state index in [1.54, 1.807) is 36.4 Å². The molecule has 4 rings (SSSR count). The van der Waals surface area contributed by atoms with Crippen LogP contribution in [0.2, 0.25) is 0 Å². The molecule has 33 heavy (non-hydrogen) atoms. The van der Waals surface area contributed by atoms with Gasteiger partial charge in [0.25, 0.3) is 21.8 Å². The lowest BCUT2D eigenvalue weighted by Crippen LogP contribution is -2.30. The smallest absolute Gasteiger partial charge is 0.280 e. The molecule has 0 fully saturated rings. The van der Waals surface area contributed by atoms with E-state index in [1.165, 1.54) is 36.4 Å². The number of carbonyl (C=O) groups is 2. The lowest BCUT2D eigenvalue weighted by molar-refractivity contribution is -0.114. The van der Waals surface area contributed by atoms with E-state index in [0.29, 0.717) is 11.0 Å². The Morgan fingerprint density at radius 1 is 0.970 bits per heavy atom.